The van der Waals surface area contributed by atoms with Crippen molar-refractivity contribution in [2.45, 2.75) is 63.3 Å². The SMILES string of the molecule is CSc1ncc2c(C#C[Si](C(C)C)(C(C)C)C(C)C)cc(Oc3ccccc3)nc2n1. The molecule has 0 atom stereocenters. The van der Waals surface area contributed by atoms with E-state index in [0.717, 1.165) is 16.7 Å². The van der Waals surface area contributed by atoms with Crippen LogP contribution in [-0.2, 0) is 0 Å². The van der Waals surface area contributed by atoms with E-state index < -0.39 is 8.07 Å². The second kappa shape index (κ2) is 9.84. The van der Waals surface area contributed by atoms with Crippen molar-refractivity contribution in [1.29, 1.82) is 0 Å². The molecule has 3 aromatic rings. The van der Waals surface area contributed by atoms with Crippen LogP contribution in [0.15, 0.2) is 47.8 Å². The third-order valence-electron chi connectivity index (χ3n) is 5.95. The average molecular weight is 450 g/mol. The standard InChI is InChI=1S/C25H31N3OSSi/c1-17(2)31(18(3)4,19(5)6)14-13-20-15-23(29-21-11-9-8-10-12-21)27-24-22(20)16-26-25(28-24)30-7/h8-12,15-19H,1-7H3. The minimum Gasteiger partial charge on any atom is -0.439 e. The molecule has 0 bridgehead atoms. The number of ether oxygens (including phenoxy) is 1. The smallest absolute Gasteiger partial charge is 0.222 e. The van der Waals surface area contributed by atoms with Gasteiger partial charge in [-0.15, -0.1) is 5.54 Å². The molecule has 1 aromatic carbocycles. The van der Waals surface area contributed by atoms with Gasteiger partial charge in [-0.25, -0.2) is 9.97 Å². The van der Waals surface area contributed by atoms with E-state index in [4.69, 9.17) is 4.74 Å². The highest BCUT2D eigenvalue weighted by molar-refractivity contribution is 7.98. The number of benzene rings is 1. The summed E-state index contributed by atoms with van der Waals surface area (Å²) in [6, 6.07) is 11.6. The number of aromatic nitrogens is 3. The van der Waals surface area contributed by atoms with Gasteiger partial charge in [-0.05, 0) is 35.0 Å². The molecule has 0 fully saturated rings. The van der Waals surface area contributed by atoms with Gasteiger partial charge in [0.2, 0.25) is 5.88 Å². The highest BCUT2D eigenvalue weighted by atomic mass is 32.2. The summed E-state index contributed by atoms with van der Waals surface area (Å²) in [6.45, 7) is 13.9. The van der Waals surface area contributed by atoms with Crippen LogP contribution in [0, 0.1) is 11.5 Å². The van der Waals surface area contributed by atoms with E-state index in [1.54, 1.807) is 0 Å². The van der Waals surface area contributed by atoms with Crippen LogP contribution in [-0.4, -0.2) is 29.3 Å². The number of hydrogen-bond donors (Lipinski definition) is 0. The largest absolute Gasteiger partial charge is 0.439 e. The van der Waals surface area contributed by atoms with E-state index in [-0.39, 0.29) is 0 Å². The van der Waals surface area contributed by atoms with Crippen molar-refractivity contribution >= 4 is 30.9 Å². The molecule has 0 saturated carbocycles. The lowest BCUT2D eigenvalue weighted by Gasteiger charge is -2.38. The number of pyridine rings is 1. The van der Waals surface area contributed by atoms with Crippen molar-refractivity contribution < 1.29 is 4.74 Å². The highest BCUT2D eigenvalue weighted by Gasteiger charge is 2.41. The zero-order valence-corrected chi connectivity index (χ0v) is 21.2. The first-order valence-electron chi connectivity index (χ1n) is 10.8. The molecular formula is C25H31N3OSSi. The van der Waals surface area contributed by atoms with Crippen molar-refractivity contribution in [3.05, 3.63) is 48.2 Å². The summed E-state index contributed by atoms with van der Waals surface area (Å²) in [5.41, 5.74) is 6.98. The maximum Gasteiger partial charge on any atom is 0.222 e. The Balaban J connectivity index is 2.18. The molecule has 0 aliphatic rings. The molecule has 2 aromatic heterocycles. The van der Waals surface area contributed by atoms with Gasteiger partial charge in [0.15, 0.2) is 10.8 Å². The second-order valence-corrected chi connectivity index (χ2v) is 15.0. The molecule has 3 rings (SSSR count). The Bertz CT molecular complexity index is 1080. The first kappa shape index (κ1) is 23.3. The first-order chi connectivity index (χ1) is 14.8. The topological polar surface area (TPSA) is 47.9 Å². The Kier molecular flexibility index (Phi) is 7.40. The van der Waals surface area contributed by atoms with Crippen molar-refractivity contribution in [2.75, 3.05) is 6.26 Å². The highest BCUT2D eigenvalue weighted by Crippen LogP contribution is 2.41. The van der Waals surface area contributed by atoms with Crippen LogP contribution in [0.3, 0.4) is 0 Å². The minimum atomic E-state index is -1.87. The lowest BCUT2D eigenvalue weighted by atomic mass is 10.2. The van der Waals surface area contributed by atoms with Crippen molar-refractivity contribution in [2.24, 2.45) is 0 Å². The molecule has 0 aliphatic carbocycles. The van der Waals surface area contributed by atoms with Crippen molar-refractivity contribution in [3.63, 3.8) is 0 Å². The quantitative estimate of drug-likeness (QED) is 0.174. The van der Waals surface area contributed by atoms with Gasteiger partial charge in [-0.1, -0.05) is 77.4 Å². The molecule has 4 nitrogen and oxygen atoms in total. The third-order valence-corrected chi connectivity index (χ3v) is 12.8. The fourth-order valence-corrected chi connectivity index (χ4v) is 10.00. The van der Waals surface area contributed by atoms with Gasteiger partial charge in [-0.3, -0.25) is 0 Å². The van der Waals surface area contributed by atoms with E-state index in [1.807, 2.05) is 48.9 Å². The summed E-state index contributed by atoms with van der Waals surface area (Å²) in [5.74, 6) is 4.78. The minimum absolute atomic E-state index is 0.500. The van der Waals surface area contributed by atoms with Crippen molar-refractivity contribution in [3.8, 4) is 23.1 Å². The van der Waals surface area contributed by atoms with Gasteiger partial charge in [-0.2, -0.15) is 4.98 Å². The Morgan fingerprint density at radius 2 is 1.58 bits per heavy atom. The van der Waals surface area contributed by atoms with Gasteiger partial charge in [0.05, 0.1) is 5.39 Å². The number of hydrogen-bond acceptors (Lipinski definition) is 5. The molecule has 0 aliphatic heterocycles. The van der Waals surface area contributed by atoms with Crippen LogP contribution in [0.2, 0.25) is 16.6 Å². The van der Waals surface area contributed by atoms with E-state index in [1.165, 1.54) is 11.8 Å². The summed E-state index contributed by atoms with van der Waals surface area (Å²) < 4.78 is 6.04. The fraction of sp³-hybridized carbons (Fsp3) is 0.400. The summed E-state index contributed by atoms with van der Waals surface area (Å²) >= 11 is 1.50. The van der Waals surface area contributed by atoms with E-state index in [2.05, 4.69) is 68.0 Å². The molecular weight excluding hydrogens is 418 g/mol. The van der Waals surface area contributed by atoms with E-state index in [9.17, 15) is 0 Å². The van der Waals surface area contributed by atoms with Gasteiger partial charge < -0.3 is 4.74 Å². The van der Waals surface area contributed by atoms with Gasteiger partial charge in [0.25, 0.3) is 0 Å². The lowest BCUT2D eigenvalue weighted by Crippen LogP contribution is -2.43. The molecule has 0 unspecified atom stereocenters. The van der Waals surface area contributed by atoms with E-state index in [0.29, 0.717) is 33.3 Å². The molecule has 0 amide bonds. The Hall–Kier alpha value is -2.36. The molecule has 0 N–H and O–H groups in total. The number of fused-ring (bicyclic) bond motifs is 1. The van der Waals surface area contributed by atoms with Crippen LogP contribution in [0.25, 0.3) is 11.0 Å². The summed E-state index contributed by atoms with van der Waals surface area (Å²) in [7, 11) is -1.87. The molecule has 0 saturated heterocycles. The van der Waals surface area contributed by atoms with Crippen LogP contribution in [0.1, 0.15) is 47.1 Å². The number of thioether (sulfide) groups is 1. The van der Waals surface area contributed by atoms with Gasteiger partial charge in [0, 0.05) is 17.8 Å². The molecule has 162 valence electrons. The maximum atomic E-state index is 6.04. The van der Waals surface area contributed by atoms with Crippen LogP contribution < -0.4 is 4.74 Å². The predicted molar refractivity (Wildman–Crippen MR) is 134 cm³/mol. The van der Waals surface area contributed by atoms with Crippen LogP contribution >= 0.6 is 11.8 Å². The summed E-state index contributed by atoms with van der Waals surface area (Å²) in [4.78, 5) is 13.7. The molecule has 2 heterocycles. The molecule has 0 radical (unpaired) electrons. The van der Waals surface area contributed by atoms with E-state index >= 15 is 0 Å². The third kappa shape index (κ3) is 4.94. The van der Waals surface area contributed by atoms with Gasteiger partial charge >= 0.3 is 0 Å². The van der Waals surface area contributed by atoms with Crippen LogP contribution in [0.4, 0.5) is 0 Å². The summed E-state index contributed by atoms with van der Waals surface area (Å²) in [5, 5.41) is 1.55. The second-order valence-electron chi connectivity index (χ2n) is 8.66. The fourth-order valence-electron chi connectivity index (χ4n) is 4.44. The zero-order valence-electron chi connectivity index (χ0n) is 19.4. The number of para-hydroxylation sites is 1. The van der Waals surface area contributed by atoms with Crippen molar-refractivity contribution in [1.82, 2.24) is 15.0 Å². The number of nitrogens with zero attached hydrogens (tertiary/aromatic N) is 3. The molecule has 0 spiro atoms. The molecule has 6 heteroatoms. The Labute approximate surface area is 191 Å². The Morgan fingerprint density at radius 1 is 0.935 bits per heavy atom. The molecule has 31 heavy (non-hydrogen) atoms. The number of rotatable bonds is 6. The Morgan fingerprint density at radius 3 is 2.16 bits per heavy atom. The lowest BCUT2D eigenvalue weighted by molar-refractivity contribution is 0.464. The predicted octanol–water partition coefficient (Wildman–Crippen LogP) is 7.11. The summed E-state index contributed by atoms with van der Waals surface area (Å²) in [6.07, 6.45) is 3.79. The monoisotopic (exact) mass is 449 g/mol. The average Bonchev–Trinajstić information content (AvgIpc) is 2.73. The zero-order chi connectivity index (χ0) is 22.6. The van der Waals surface area contributed by atoms with Crippen LogP contribution in [0.5, 0.6) is 11.6 Å². The maximum absolute atomic E-state index is 6.04. The first-order valence-corrected chi connectivity index (χ1v) is 14.2. The normalized spacial score (nSPS) is 11.8. The van der Waals surface area contributed by atoms with Gasteiger partial charge in [0.1, 0.15) is 13.8 Å².